The normalized spacial score (nSPS) is 13.4. The van der Waals surface area contributed by atoms with E-state index in [1.165, 1.54) is 12.1 Å². The molecule has 0 atom stereocenters. The predicted octanol–water partition coefficient (Wildman–Crippen LogP) is 3.38. The summed E-state index contributed by atoms with van der Waals surface area (Å²) in [7, 11) is 1.63. The molecule has 0 unspecified atom stereocenters. The van der Waals surface area contributed by atoms with Crippen LogP contribution in [-0.4, -0.2) is 19.9 Å². The third-order valence-electron chi connectivity index (χ3n) is 3.75. The Morgan fingerprint density at radius 2 is 2.12 bits per heavy atom. The van der Waals surface area contributed by atoms with Gasteiger partial charge in [-0.2, -0.15) is 0 Å². The molecule has 3 rings (SSSR count). The highest BCUT2D eigenvalue weighted by molar-refractivity contribution is 14.0. The van der Waals surface area contributed by atoms with Crippen molar-refractivity contribution in [3.05, 3.63) is 58.9 Å². The number of nitrogens with zero attached hydrogens (tertiary/aromatic N) is 1. The highest BCUT2D eigenvalue weighted by atomic mass is 127. The Hall–Kier alpha value is -1.91. The van der Waals surface area contributed by atoms with Crippen LogP contribution in [0.15, 0.2) is 41.4 Å². The summed E-state index contributed by atoms with van der Waals surface area (Å²) >= 11 is 0. The van der Waals surface area contributed by atoms with Crippen molar-refractivity contribution in [1.29, 1.82) is 0 Å². The van der Waals surface area contributed by atoms with Crippen LogP contribution in [0.25, 0.3) is 0 Å². The monoisotopic (exact) mass is 473 g/mol. The minimum absolute atomic E-state index is 0. The van der Waals surface area contributed by atoms with E-state index in [-0.39, 0.29) is 49.1 Å². The van der Waals surface area contributed by atoms with Gasteiger partial charge in [0.1, 0.15) is 11.6 Å². The van der Waals surface area contributed by atoms with Crippen molar-refractivity contribution in [2.24, 2.45) is 10.7 Å². The van der Waals surface area contributed by atoms with E-state index in [0.717, 1.165) is 11.3 Å². The molecule has 26 heavy (non-hydrogen) atoms. The Morgan fingerprint density at radius 3 is 2.92 bits per heavy atom. The summed E-state index contributed by atoms with van der Waals surface area (Å²) in [4.78, 5) is 4.30. The first-order valence-corrected chi connectivity index (χ1v) is 7.83. The minimum Gasteiger partial charge on any atom is -0.467 e. The minimum atomic E-state index is -0.352. The van der Waals surface area contributed by atoms with Crippen LogP contribution in [-0.2, 0) is 29.2 Å². The molecule has 0 saturated carbocycles. The van der Waals surface area contributed by atoms with Gasteiger partial charge in [0.25, 0.3) is 0 Å². The van der Waals surface area contributed by atoms with E-state index in [1.54, 1.807) is 7.11 Å². The van der Waals surface area contributed by atoms with Gasteiger partial charge in [0, 0.05) is 29.5 Å². The zero-order valence-electron chi connectivity index (χ0n) is 14.3. The van der Waals surface area contributed by atoms with E-state index >= 15 is 0 Å². The molecule has 3 N–H and O–H groups in total. The lowest BCUT2D eigenvalue weighted by molar-refractivity contribution is -0.0172. The lowest BCUT2D eigenvalue weighted by atomic mass is 10.1. The van der Waals surface area contributed by atoms with Crippen molar-refractivity contribution in [1.82, 2.24) is 0 Å². The number of rotatable bonds is 5. The van der Waals surface area contributed by atoms with Crippen molar-refractivity contribution in [2.75, 3.05) is 19.2 Å². The Morgan fingerprint density at radius 1 is 1.31 bits per heavy atom. The maximum atomic E-state index is 13.7. The van der Waals surface area contributed by atoms with Crippen molar-refractivity contribution >= 4 is 35.6 Å². The highest BCUT2D eigenvalue weighted by Crippen LogP contribution is 2.30. The van der Waals surface area contributed by atoms with E-state index in [9.17, 15) is 4.39 Å². The average molecular weight is 473 g/mol. The fourth-order valence-electron chi connectivity index (χ4n) is 2.65. The van der Waals surface area contributed by atoms with Gasteiger partial charge in [-0.05, 0) is 18.2 Å². The SMILES string of the molecule is COCc1ccccc1NC(N)=NCc1cc(F)cc2c1OCOC2.I. The van der Waals surface area contributed by atoms with Gasteiger partial charge < -0.3 is 25.3 Å². The van der Waals surface area contributed by atoms with Gasteiger partial charge in [0.15, 0.2) is 12.8 Å². The Bertz CT molecular complexity index is 786. The molecule has 0 fully saturated rings. The lowest BCUT2D eigenvalue weighted by Crippen LogP contribution is -2.23. The molecule has 2 aromatic carbocycles. The van der Waals surface area contributed by atoms with Crippen LogP contribution in [0, 0.1) is 5.82 Å². The maximum absolute atomic E-state index is 13.7. The summed E-state index contributed by atoms with van der Waals surface area (Å²) in [5.41, 5.74) is 9.06. The molecule has 0 radical (unpaired) electrons. The quantitative estimate of drug-likeness (QED) is 0.396. The van der Waals surface area contributed by atoms with Gasteiger partial charge >= 0.3 is 0 Å². The molecule has 1 aliphatic heterocycles. The molecular weight excluding hydrogens is 452 g/mol. The molecule has 0 bridgehead atoms. The molecule has 0 spiro atoms. The smallest absolute Gasteiger partial charge is 0.193 e. The molecule has 140 valence electrons. The summed E-state index contributed by atoms with van der Waals surface area (Å²) in [6, 6.07) is 10.5. The van der Waals surface area contributed by atoms with Gasteiger partial charge in [-0.25, -0.2) is 9.38 Å². The zero-order valence-corrected chi connectivity index (χ0v) is 16.7. The van der Waals surface area contributed by atoms with Crippen molar-refractivity contribution in [2.45, 2.75) is 19.8 Å². The largest absolute Gasteiger partial charge is 0.467 e. The number of hydrogen-bond donors (Lipinski definition) is 2. The van der Waals surface area contributed by atoms with Crippen molar-refractivity contribution in [3.63, 3.8) is 0 Å². The molecule has 0 aromatic heterocycles. The standard InChI is InChI=1S/C18H20FN3O3.HI/c1-23-9-12-4-2-3-5-16(12)22-18(20)21-8-13-6-15(19)7-14-10-24-11-25-17(13)14;/h2-7H,8-11H2,1H3,(H3,20,21,22);1H. The fraction of sp³-hybridized carbons (Fsp3) is 0.278. The number of nitrogens with two attached hydrogens (primary N) is 1. The second-order valence-electron chi connectivity index (χ2n) is 5.58. The van der Waals surface area contributed by atoms with Crippen LogP contribution in [0.4, 0.5) is 10.1 Å². The molecule has 0 aliphatic carbocycles. The number of hydrogen-bond acceptors (Lipinski definition) is 4. The molecule has 1 aliphatic rings. The first kappa shape index (κ1) is 20.4. The van der Waals surface area contributed by atoms with E-state index < -0.39 is 0 Å². The second-order valence-corrected chi connectivity index (χ2v) is 5.58. The van der Waals surface area contributed by atoms with Gasteiger partial charge in [-0.15, -0.1) is 24.0 Å². The number of benzene rings is 2. The zero-order chi connectivity index (χ0) is 17.6. The average Bonchev–Trinajstić information content (AvgIpc) is 2.61. The number of aliphatic imine (C=N–C) groups is 1. The summed E-state index contributed by atoms with van der Waals surface area (Å²) in [5, 5.41) is 3.05. The van der Waals surface area contributed by atoms with Gasteiger partial charge in [-0.3, -0.25) is 0 Å². The van der Waals surface area contributed by atoms with Gasteiger partial charge in [0.05, 0.1) is 19.8 Å². The number of anilines is 1. The first-order chi connectivity index (χ1) is 12.2. The maximum Gasteiger partial charge on any atom is 0.193 e. The Kier molecular flexibility index (Phi) is 7.61. The number of guanidine groups is 1. The molecular formula is C18H21FIN3O3. The molecule has 6 nitrogen and oxygen atoms in total. The fourth-order valence-corrected chi connectivity index (χ4v) is 2.65. The van der Waals surface area contributed by atoms with E-state index in [4.69, 9.17) is 19.9 Å². The molecule has 0 amide bonds. The summed E-state index contributed by atoms with van der Waals surface area (Å²) < 4.78 is 29.6. The molecule has 2 aromatic rings. The van der Waals surface area contributed by atoms with Crippen LogP contribution >= 0.6 is 24.0 Å². The van der Waals surface area contributed by atoms with Crippen LogP contribution < -0.4 is 15.8 Å². The number of nitrogens with one attached hydrogen (secondary N) is 1. The Labute approximate surface area is 168 Å². The van der Waals surface area contributed by atoms with Crippen LogP contribution in [0.5, 0.6) is 5.75 Å². The van der Waals surface area contributed by atoms with E-state index in [2.05, 4.69) is 10.3 Å². The summed E-state index contributed by atoms with van der Waals surface area (Å²) in [5.74, 6) is 0.493. The van der Waals surface area contributed by atoms with E-state index in [1.807, 2.05) is 24.3 Å². The van der Waals surface area contributed by atoms with Crippen LogP contribution in [0.2, 0.25) is 0 Å². The first-order valence-electron chi connectivity index (χ1n) is 7.83. The molecule has 1 heterocycles. The van der Waals surface area contributed by atoms with Crippen LogP contribution in [0.1, 0.15) is 16.7 Å². The highest BCUT2D eigenvalue weighted by Gasteiger charge is 2.16. The molecule has 0 saturated heterocycles. The van der Waals surface area contributed by atoms with Crippen molar-refractivity contribution < 1.29 is 18.6 Å². The topological polar surface area (TPSA) is 78.1 Å². The second kappa shape index (κ2) is 9.70. The van der Waals surface area contributed by atoms with Crippen LogP contribution in [0.3, 0.4) is 0 Å². The lowest BCUT2D eigenvalue weighted by Gasteiger charge is -2.20. The van der Waals surface area contributed by atoms with Gasteiger partial charge in [0.2, 0.25) is 0 Å². The number of methoxy groups -OCH3 is 1. The van der Waals surface area contributed by atoms with Crippen molar-refractivity contribution in [3.8, 4) is 5.75 Å². The number of fused-ring (bicyclic) bond motifs is 1. The van der Waals surface area contributed by atoms with E-state index in [0.29, 0.717) is 30.1 Å². The number of para-hydroxylation sites is 1. The Balaban J connectivity index is 0.00000243. The number of ether oxygens (including phenoxy) is 3. The third kappa shape index (κ3) is 5.05. The summed E-state index contributed by atoms with van der Waals surface area (Å²) in [6.07, 6.45) is 0. The van der Waals surface area contributed by atoms with Gasteiger partial charge in [-0.1, -0.05) is 18.2 Å². The third-order valence-corrected chi connectivity index (χ3v) is 3.75. The predicted molar refractivity (Wildman–Crippen MR) is 108 cm³/mol. The number of halogens is 2. The molecule has 8 heteroatoms. The summed E-state index contributed by atoms with van der Waals surface area (Å²) in [6.45, 7) is 1.13.